The smallest absolute Gasteiger partial charge is 0.211 e. The number of benzene rings is 1. The van der Waals surface area contributed by atoms with Gasteiger partial charge >= 0.3 is 0 Å². The average molecular weight is 397 g/mol. The molecule has 2 rings (SSSR count). The third-order valence-electron chi connectivity index (χ3n) is 3.22. The Morgan fingerprint density at radius 2 is 1.89 bits per heavy atom. The molecule has 0 amide bonds. The summed E-state index contributed by atoms with van der Waals surface area (Å²) < 4.78 is 28.5. The molecule has 0 bridgehead atoms. The molecule has 0 atom stereocenters. The van der Waals surface area contributed by atoms with Crippen LogP contribution in [0.2, 0.25) is 0 Å². The second-order valence-corrected chi connectivity index (χ2v) is 8.08. The van der Waals surface area contributed by atoms with E-state index < -0.39 is 10.0 Å². The first kappa shape index (κ1) is 14.5. The number of hydrogen-bond acceptors (Lipinski definition) is 2. The van der Waals surface area contributed by atoms with Gasteiger partial charge in [0.05, 0.1) is 4.90 Å². The molecule has 1 aliphatic carbocycles. The van der Waals surface area contributed by atoms with Gasteiger partial charge in [0.15, 0.2) is 0 Å². The summed E-state index contributed by atoms with van der Waals surface area (Å²) in [5.74, 6) is 0.491. The Morgan fingerprint density at radius 1 is 1.22 bits per heavy atom. The van der Waals surface area contributed by atoms with Crippen LogP contribution in [0, 0.1) is 5.92 Å². The molecule has 6 heteroatoms. The topological polar surface area (TPSA) is 46.2 Å². The zero-order chi connectivity index (χ0) is 13.2. The van der Waals surface area contributed by atoms with Crippen molar-refractivity contribution in [2.75, 3.05) is 6.54 Å². The van der Waals surface area contributed by atoms with Crippen LogP contribution in [0.15, 0.2) is 32.0 Å². The standard InChI is InChI=1S/C12H15Br2NO2S/c13-10-5-6-11(14)12(7-10)18(16,17)15-8-9-3-1-2-4-9/h5-7,9,15H,1-4,8H2. The Kier molecular flexibility index (Phi) is 4.86. The Morgan fingerprint density at radius 3 is 2.56 bits per heavy atom. The predicted octanol–water partition coefficient (Wildman–Crippen LogP) is 3.68. The van der Waals surface area contributed by atoms with Crippen molar-refractivity contribution in [2.45, 2.75) is 30.6 Å². The minimum Gasteiger partial charge on any atom is -0.211 e. The first-order valence-electron chi connectivity index (χ1n) is 5.94. The van der Waals surface area contributed by atoms with Gasteiger partial charge in [-0.25, -0.2) is 13.1 Å². The van der Waals surface area contributed by atoms with Crippen LogP contribution in [-0.4, -0.2) is 15.0 Å². The largest absolute Gasteiger partial charge is 0.241 e. The van der Waals surface area contributed by atoms with Crippen molar-refractivity contribution in [1.29, 1.82) is 0 Å². The zero-order valence-corrected chi connectivity index (χ0v) is 13.8. The van der Waals surface area contributed by atoms with E-state index in [1.165, 1.54) is 12.8 Å². The van der Waals surface area contributed by atoms with Crippen molar-refractivity contribution in [3.63, 3.8) is 0 Å². The fourth-order valence-electron chi connectivity index (χ4n) is 2.20. The predicted molar refractivity (Wildman–Crippen MR) is 79.0 cm³/mol. The van der Waals surface area contributed by atoms with Crippen molar-refractivity contribution in [3.05, 3.63) is 27.1 Å². The van der Waals surface area contributed by atoms with Gasteiger partial charge in [-0.3, -0.25) is 0 Å². The molecule has 100 valence electrons. The molecule has 1 aromatic rings. The summed E-state index contributed by atoms with van der Waals surface area (Å²) in [5.41, 5.74) is 0. The lowest BCUT2D eigenvalue weighted by atomic mass is 10.1. The summed E-state index contributed by atoms with van der Waals surface area (Å²) in [4.78, 5) is 0.287. The van der Waals surface area contributed by atoms with E-state index in [0.717, 1.165) is 17.3 Å². The van der Waals surface area contributed by atoms with Crippen LogP contribution in [0.4, 0.5) is 0 Å². The second-order valence-electron chi connectivity index (χ2n) is 4.58. The van der Waals surface area contributed by atoms with Gasteiger partial charge in [-0.15, -0.1) is 0 Å². The molecule has 0 unspecified atom stereocenters. The molecular formula is C12H15Br2NO2S. The summed E-state index contributed by atoms with van der Waals surface area (Å²) in [6, 6.07) is 5.15. The van der Waals surface area contributed by atoms with Gasteiger partial charge in [-0.05, 0) is 52.9 Å². The first-order valence-corrected chi connectivity index (χ1v) is 9.01. The Bertz CT molecular complexity index is 525. The van der Waals surface area contributed by atoms with Crippen LogP contribution in [0.25, 0.3) is 0 Å². The van der Waals surface area contributed by atoms with Gasteiger partial charge in [0.2, 0.25) is 10.0 Å². The number of hydrogen-bond donors (Lipinski definition) is 1. The molecule has 0 radical (unpaired) electrons. The molecule has 1 fully saturated rings. The number of sulfonamides is 1. The molecule has 1 N–H and O–H groups in total. The molecule has 1 aromatic carbocycles. The van der Waals surface area contributed by atoms with Gasteiger partial charge in [0, 0.05) is 15.5 Å². The maximum Gasteiger partial charge on any atom is 0.241 e. The molecular weight excluding hydrogens is 382 g/mol. The Labute approximate surface area is 125 Å². The van der Waals surface area contributed by atoms with Crippen LogP contribution in [-0.2, 0) is 10.0 Å². The molecule has 0 saturated heterocycles. The quantitative estimate of drug-likeness (QED) is 0.843. The van der Waals surface area contributed by atoms with Crippen molar-refractivity contribution >= 4 is 41.9 Å². The third-order valence-corrected chi connectivity index (χ3v) is 6.13. The van der Waals surface area contributed by atoms with E-state index in [-0.39, 0.29) is 4.90 Å². The van der Waals surface area contributed by atoms with E-state index in [9.17, 15) is 8.42 Å². The average Bonchev–Trinajstić information content (AvgIpc) is 2.83. The molecule has 1 aliphatic rings. The lowest BCUT2D eigenvalue weighted by molar-refractivity contribution is 0.519. The summed E-state index contributed by atoms with van der Waals surface area (Å²) in [7, 11) is -3.43. The first-order chi connectivity index (χ1) is 8.49. The van der Waals surface area contributed by atoms with E-state index in [4.69, 9.17) is 0 Å². The van der Waals surface area contributed by atoms with Crippen molar-refractivity contribution in [1.82, 2.24) is 4.72 Å². The second kappa shape index (κ2) is 6.03. The summed E-state index contributed by atoms with van der Waals surface area (Å²) in [5, 5.41) is 0. The highest BCUT2D eigenvalue weighted by molar-refractivity contribution is 9.11. The minimum atomic E-state index is -3.43. The van der Waals surface area contributed by atoms with Gasteiger partial charge in [0.25, 0.3) is 0 Å². The SMILES string of the molecule is O=S(=O)(NCC1CCCC1)c1cc(Br)ccc1Br. The van der Waals surface area contributed by atoms with Crippen LogP contribution in [0.1, 0.15) is 25.7 Å². The fourth-order valence-corrected chi connectivity index (χ4v) is 4.82. The molecule has 0 heterocycles. The van der Waals surface area contributed by atoms with Crippen LogP contribution in [0.5, 0.6) is 0 Å². The fraction of sp³-hybridized carbons (Fsp3) is 0.500. The summed E-state index contributed by atoms with van der Waals surface area (Å²) >= 11 is 6.57. The molecule has 0 aliphatic heterocycles. The van der Waals surface area contributed by atoms with Crippen molar-refractivity contribution in [2.24, 2.45) is 5.92 Å². The summed E-state index contributed by atoms with van der Waals surface area (Å²) in [6.07, 6.45) is 4.68. The molecule has 0 spiro atoms. The number of rotatable bonds is 4. The van der Waals surface area contributed by atoms with Crippen LogP contribution < -0.4 is 4.72 Å². The van der Waals surface area contributed by atoms with E-state index >= 15 is 0 Å². The highest BCUT2D eigenvalue weighted by Crippen LogP contribution is 2.27. The van der Waals surface area contributed by atoms with Gasteiger partial charge in [-0.2, -0.15) is 0 Å². The van der Waals surface area contributed by atoms with Gasteiger partial charge < -0.3 is 0 Å². The minimum absolute atomic E-state index is 0.287. The monoisotopic (exact) mass is 395 g/mol. The Hall–Kier alpha value is 0.0900. The highest BCUT2D eigenvalue weighted by atomic mass is 79.9. The van der Waals surface area contributed by atoms with Crippen molar-refractivity contribution in [3.8, 4) is 0 Å². The lowest BCUT2D eigenvalue weighted by Gasteiger charge is -2.12. The maximum absolute atomic E-state index is 12.2. The third kappa shape index (κ3) is 3.56. The van der Waals surface area contributed by atoms with Crippen LogP contribution >= 0.6 is 31.9 Å². The zero-order valence-electron chi connectivity index (χ0n) is 9.83. The van der Waals surface area contributed by atoms with Crippen molar-refractivity contribution < 1.29 is 8.42 Å². The Balaban J connectivity index is 2.12. The summed E-state index contributed by atoms with van der Waals surface area (Å²) in [6.45, 7) is 0.543. The van der Waals surface area contributed by atoms with E-state index in [2.05, 4.69) is 36.6 Å². The number of halogens is 2. The molecule has 18 heavy (non-hydrogen) atoms. The van der Waals surface area contributed by atoms with Crippen LogP contribution in [0.3, 0.4) is 0 Å². The molecule has 3 nitrogen and oxygen atoms in total. The molecule has 0 aromatic heterocycles. The van der Waals surface area contributed by atoms with E-state index in [1.54, 1.807) is 18.2 Å². The number of nitrogens with one attached hydrogen (secondary N) is 1. The van der Waals surface area contributed by atoms with Gasteiger partial charge in [0.1, 0.15) is 0 Å². The molecule has 1 saturated carbocycles. The normalized spacial score (nSPS) is 17.2. The lowest BCUT2D eigenvalue weighted by Crippen LogP contribution is -2.28. The van der Waals surface area contributed by atoms with Gasteiger partial charge in [-0.1, -0.05) is 28.8 Å². The maximum atomic E-state index is 12.2. The van der Waals surface area contributed by atoms with E-state index in [1.807, 2.05) is 0 Å². The van der Waals surface area contributed by atoms with E-state index in [0.29, 0.717) is 16.9 Å². The highest BCUT2D eigenvalue weighted by Gasteiger charge is 2.21.